The Labute approximate surface area is 129 Å². The minimum atomic E-state index is -0.313. The fourth-order valence-electron chi connectivity index (χ4n) is 2.81. The topological polar surface area (TPSA) is 55.0 Å². The Hall–Kier alpha value is -2.62. The molecular formula is C18H18N2O2. The number of pyridine rings is 1. The van der Waals surface area contributed by atoms with Crippen LogP contribution < -0.4 is 0 Å². The van der Waals surface area contributed by atoms with Crippen LogP contribution in [0.2, 0.25) is 0 Å². The highest BCUT2D eigenvalue weighted by Crippen LogP contribution is 2.31. The zero-order valence-electron chi connectivity index (χ0n) is 12.9. The van der Waals surface area contributed by atoms with Crippen molar-refractivity contribution in [1.29, 1.82) is 0 Å². The summed E-state index contributed by atoms with van der Waals surface area (Å²) < 4.78 is 4.81. The molecular weight excluding hydrogens is 276 g/mol. The average molecular weight is 294 g/mol. The number of aromatic nitrogens is 2. The number of carbonyl (C=O) groups is 1. The van der Waals surface area contributed by atoms with Gasteiger partial charge in [-0.05, 0) is 49.2 Å². The Morgan fingerprint density at radius 1 is 1.27 bits per heavy atom. The molecule has 1 N–H and O–H groups in total. The number of methoxy groups -OCH3 is 1. The molecule has 0 bridgehead atoms. The van der Waals surface area contributed by atoms with E-state index in [1.807, 2.05) is 31.3 Å². The number of hydrogen-bond acceptors (Lipinski definition) is 3. The van der Waals surface area contributed by atoms with Gasteiger partial charge in [-0.25, -0.2) is 4.79 Å². The normalized spacial score (nSPS) is 10.9. The number of nitrogens with zero attached hydrogens (tertiary/aromatic N) is 1. The summed E-state index contributed by atoms with van der Waals surface area (Å²) in [6, 6.07) is 9.67. The molecule has 2 aromatic heterocycles. The molecule has 0 saturated carbocycles. The van der Waals surface area contributed by atoms with Crippen LogP contribution in [0, 0.1) is 6.92 Å². The van der Waals surface area contributed by atoms with E-state index in [1.54, 1.807) is 6.07 Å². The van der Waals surface area contributed by atoms with Crippen LogP contribution in [0.25, 0.3) is 22.2 Å². The van der Waals surface area contributed by atoms with Crippen molar-refractivity contribution in [2.24, 2.45) is 0 Å². The first kappa shape index (κ1) is 14.3. The van der Waals surface area contributed by atoms with E-state index in [4.69, 9.17) is 4.74 Å². The van der Waals surface area contributed by atoms with Crippen LogP contribution in [-0.4, -0.2) is 23.0 Å². The number of nitrogens with one attached hydrogen (secondary N) is 1. The summed E-state index contributed by atoms with van der Waals surface area (Å²) >= 11 is 0. The third-order valence-corrected chi connectivity index (χ3v) is 3.87. The van der Waals surface area contributed by atoms with E-state index in [-0.39, 0.29) is 5.97 Å². The lowest BCUT2D eigenvalue weighted by Gasteiger charge is -2.04. The van der Waals surface area contributed by atoms with Gasteiger partial charge in [0.2, 0.25) is 0 Å². The van der Waals surface area contributed by atoms with Crippen molar-refractivity contribution in [1.82, 2.24) is 9.97 Å². The summed E-state index contributed by atoms with van der Waals surface area (Å²) in [7, 11) is 1.40. The van der Waals surface area contributed by atoms with Crippen LogP contribution in [0.4, 0.5) is 0 Å². The van der Waals surface area contributed by atoms with E-state index in [2.05, 4.69) is 23.0 Å². The van der Waals surface area contributed by atoms with E-state index >= 15 is 0 Å². The van der Waals surface area contributed by atoms with Crippen LogP contribution in [0.3, 0.4) is 0 Å². The quantitative estimate of drug-likeness (QED) is 0.746. The molecule has 22 heavy (non-hydrogen) atoms. The molecule has 112 valence electrons. The molecule has 3 rings (SSSR count). The number of rotatable bonds is 3. The first-order valence-electron chi connectivity index (χ1n) is 7.30. The highest BCUT2D eigenvalue weighted by Gasteiger charge is 2.14. The Balaban J connectivity index is 2.22. The summed E-state index contributed by atoms with van der Waals surface area (Å²) in [5.74, 6) is -0.313. The third-order valence-electron chi connectivity index (χ3n) is 3.87. The fourth-order valence-corrected chi connectivity index (χ4v) is 2.81. The number of H-pyrrole nitrogens is 1. The van der Waals surface area contributed by atoms with Crippen molar-refractivity contribution in [3.8, 4) is 11.3 Å². The molecule has 1 aromatic carbocycles. The van der Waals surface area contributed by atoms with Crippen molar-refractivity contribution < 1.29 is 9.53 Å². The van der Waals surface area contributed by atoms with Crippen LogP contribution in [0.15, 0.2) is 36.5 Å². The maximum absolute atomic E-state index is 11.7. The van der Waals surface area contributed by atoms with Crippen LogP contribution >= 0.6 is 0 Å². The van der Waals surface area contributed by atoms with Gasteiger partial charge in [0.05, 0.1) is 12.7 Å². The van der Waals surface area contributed by atoms with Gasteiger partial charge in [-0.2, -0.15) is 0 Å². The second-order valence-electron chi connectivity index (χ2n) is 5.27. The Morgan fingerprint density at radius 2 is 2.09 bits per heavy atom. The van der Waals surface area contributed by atoms with Crippen molar-refractivity contribution in [2.75, 3.05) is 7.11 Å². The van der Waals surface area contributed by atoms with Crippen molar-refractivity contribution >= 4 is 16.9 Å². The van der Waals surface area contributed by atoms with Crippen LogP contribution in [0.5, 0.6) is 0 Å². The molecule has 0 aliphatic carbocycles. The van der Waals surface area contributed by atoms with Crippen molar-refractivity contribution in [3.63, 3.8) is 0 Å². The number of aryl methyl sites for hydroxylation is 2. The van der Waals surface area contributed by atoms with Crippen LogP contribution in [0.1, 0.15) is 28.5 Å². The molecule has 0 aliphatic heterocycles. The molecule has 4 heteroatoms. The first-order chi connectivity index (χ1) is 10.6. The number of carbonyl (C=O) groups excluding carboxylic acids is 1. The third kappa shape index (κ3) is 2.37. The standard InChI is InChI=1S/C18H18N2O2/c1-4-14-15-10-13(18(21)22-3)5-6-16(15)20-17(14)12-7-8-19-11(2)9-12/h5-10,20H,4H2,1-3H3. The molecule has 0 fully saturated rings. The SMILES string of the molecule is CCc1c(-c2ccnc(C)c2)[nH]c2ccc(C(=O)OC)cc12. The van der Waals surface area contributed by atoms with Crippen molar-refractivity contribution in [3.05, 3.63) is 53.3 Å². The Kier molecular flexibility index (Phi) is 3.67. The van der Waals surface area contributed by atoms with Gasteiger partial charge in [-0.15, -0.1) is 0 Å². The van der Waals surface area contributed by atoms with E-state index in [9.17, 15) is 4.79 Å². The summed E-state index contributed by atoms with van der Waals surface area (Å²) in [4.78, 5) is 19.4. The second-order valence-corrected chi connectivity index (χ2v) is 5.27. The number of benzene rings is 1. The number of fused-ring (bicyclic) bond motifs is 1. The molecule has 0 aliphatic rings. The molecule has 0 amide bonds. The molecule has 0 unspecified atom stereocenters. The lowest BCUT2D eigenvalue weighted by molar-refractivity contribution is 0.0601. The predicted octanol–water partition coefficient (Wildman–Crippen LogP) is 3.89. The Morgan fingerprint density at radius 3 is 2.77 bits per heavy atom. The van der Waals surface area contributed by atoms with Gasteiger partial charge in [0.15, 0.2) is 0 Å². The Bertz CT molecular complexity index is 849. The monoisotopic (exact) mass is 294 g/mol. The van der Waals surface area contributed by atoms with E-state index < -0.39 is 0 Å². The summed E-state index contributed by atoms with van der Waals surface area (Å²) in [6.07, 6.45) is 2.69. The first-order valence-corrected chi connectivity index (χ1v) is 7.30. The van der Waals surface area contributed by atoms with Gasteiger partial charge in [0.1, 0.15) is 0 Å². The van der Waals surface area contributed by atoms with Gasteiger partial charge in [-0.1, -0.05) is 6.92 Å². The van der Waals surface area contributed by atoms with E-state index in [0.717, 1.165) is 34.3 Å². The van der Waals surface area contributed by atoms with Gasteiger partial charge < -0.3 is 9.72 Å². The minimum absolute atomic E-state index is 0.313. The lowest BCUT2D eigenvalue weighted by Crippen LogP contribution is -2.00. The summed E-state index contributed by atoms with van der Waals surface area (Å²) in [6.45, 7) is 4.10. The molecule has 0 spiro atoms. The highest BCUT2D eigenvalue weighted by atomic mass is 16.5. The number of hydrogen-bond donors (Lipinski definition) is 1. The predicted molar refractivity (Wildman–Crippen MR) is 87.0 cm³/mol. The van der Waals surface area contributed by atoms with E-state index in [1.165, 1.54) is 12.7 Å². The zero-order chi connectivity index (χ0) is 15.7. The maximum atomic E-state index is 11.7. The molecule has 2 heterocycles. The largest absolute Gasteiger partial charge is 0.465 e. The molecule has 0 radical (unpaired) electrons. The highest BCUT2D eigenvalue weighted by molar-refractivity contribution is 5.98. The maximum Gasteiger partial charge on any atom is 0.337 e. The van der Waals surface area contributed by atoms with E-state index in [0.29, 0.717) is 5.56 Å². The average Bonchev–Trinajstić information content (AvgIpc) is 2.91. The molecule has 0 saturated heterocycles. The smallest absolute Gasteiger partial charge is 0.337 e. The van der Waals surface area contributed by atoms with Gasteiger partial charge in [0, 0.05) is 34.1 Å². The number of ether oxygens (including phenoxy) is 1. The van der Waals surface area contributed by atoms with Gasteiger partial charge in [-0.3, -0.25) is 4.98 Å². The second kappa shape index (κ2) is 5.64. The summed E-state index contributed by atoms with van der Waals surface area (Å²) in [5.41, 5.74) is 5.97. The van der Waals surface area contributed by atoms with Crippen molar-refractivity contribution in [2.45, 2.75) is 20.3 Å². The lowest BCUT2D eigenvalue weighted by atomic mass is 10.0. The van der Waals surface area contributed by atoms with Gasteiger partial charge >= 0.3 is 5.97 Å². The zero-order valence-corrected chi connectivity index (χ0v) is 12.9. The molecule has 3 aromatic rings. The molecule has 0 atom stereocenters. The molecule has 4 nitrogen and oxygen atoms in total. The number of aromatic amines is 1. The number of esters is 1. The van der Waals surface area contributed by atoms with Crippen LogP contribution in [-0.2, 0) is 11.2 Å². The van der Waals surface area contributed by atoms with Gasteiger partial charge in [0.25, 0.3) is 0 Å². The summed E-state index contributed by atoms with van der Waals surface area (Å²) in [5, 5.41) is 1.06. The fraction of sp³-hybridized carbons (Fsp3) is 0.222. The minimum Gasteiger partial charge on any atom is -0.465 e.